The van der Waals surface area contributed by atoms with Gasteiger partial charge in [0, 0.05) is 16.0 Å². The van der Waals surface area contributed by atoms with E-state index < -0.39 is 0 Å². The number of aryl methyl sites for hydroxylation is 1. The molecule has 3 aromatic rings. The van der Waals surface area contributed by atoms with Crippen LogP contribution >= 0.6 is 22.7 Å². The first-order chi connectivity index (χ1) is 14.6. The van der Waals surface area contributed by atoms with Crippen molar-refractivity contribution >= 4 is 45.5 Å². The van der Waals surface area contributed by atoms with Crippen LogP contribution in [0, 0.1) is 12.8 Å². The summed E-state index contributed by atoms with van der Waals surface area (Å²) >= 11 is 3.33. The molecular formula is C24H26N2O2S2. The van der Waals surface area contributed by atoms with Crippen molar-refractivity contribution in [3.8, 4) is 5.75 Å². The fraction of sp³-hybridized carbons (Fsp3) is 0.333. The summed E-state index contributed by atoms with van der Waals surface area (Å²) in [5.41, 5.74) is 3.78. The van der Waals surface area contributed by atoms with Crippen LogP contribution < -0.4 is 10.1 Å². The minimum atomic E-state index is -0.107. The first-order valence-electron chi connectivity index (χ1n) is 10.3. The van der Waals surface area contributed by atoms with Crippen molar-refractivity contribution in [2.45, 2.75) is 40.0 Å². The van der Waals surface area contributed by atoms with Gasteiger partial charge in [-0.3, -0.25) is 4.79 Å². The number of fused-ring (bicyclic) bond motifs is 1. The van der Waals surface area contributed by atoms with Crippen molar-refractivity contribution in [2.24, 2.45) is 10.9 Å². The number of carbonyl (C=O) groups excluding carboxylic acids is 1. The minimum absolute atomic E-state index is 0.107. The molecular weight excluding hydrogens is 412 g/mol. The van der Waals surface area contributed by atoms with Crippen LogP contribution in [0.1, 0.15) is 51.5 Å². The number of hydrogen-bond acceptors (Lipinski definition) is 5. The maximum Gasteiger partial charge on any atom is 0.259 e. The zero-order chi connectivity index (χ0) is 21.1. The molecule has 1 amide bonds. The van der Waals surface area contributed by atoms with Gasteiger partial charge in [-0.2, -0.15) is 0 Å². The number of para-hydroxylation sites is 2. The molecule has 6 heteroatoms. The number of amides is 1. The lowest BCUT2D eigenvalue weighted by molar-refractivity contribution is 0.102. The molecule has 4 rings (SSSR count). The second-order valence-electron chi connectivity index (χ2n) is 7.64. The van der Waals surface area contributed by atoms with Crippen molar-refractivity contribution in [3.05, 3.63) is 62.2 Å². The number of nitrogens with one attached hydrogen (secondary N) is 1. The smallest absolute Gasteiger partial charge is 0.259 e. The number of hydrogen-bond donors (Lipinski definition) is 1. The van der Waals surface area contributed by atoms with Gasteiger partial charge in [-0.25, -0.2) is 4.99 Å². The molecule has 0 radical (unpaired) electrons. The highest BCUT2D eigenvalue weighted by Crippen LogP contribution is 2.42. The van der Waals surface area contributed by atoms with E-state index in [0.29, 0.717) is 24.0 Å². The van der Waals surface area contributed by atoms with Crippen molar-refractivity contribution in [1.82, 2.24) is 0 Å². The van der Waals surface area contributed by atoms with Gasteiger partial charge < -0.3 is 10.1 Å². The maximum atomic E-state index is 13.4. The van der Waals surface area contributed by atoms with Crippen molar-refractivity contribution in [1.29, 1.82) is 0 Å². The molecule has 30 heavy (non-hydrogen) atoms. The van der Waals surface area contributed by atoms with Crippen molar-refractivity contribution in [2.75, 3.05) is 11.9 Å². The summed E-state index contributed by atoms with van der Waals surface area (Å²) in [6, 6.07) is 9.66. The zero-order valence-corrected chi connectivity index (χ0v) is 19.2. The normalized spacial score (nSPS) is 15.9. The quantitative estimate of drug-likeness (QED) is 0.438. The second-order valence-corrected chi connectivity index (χ2v) is 9.67. The third-order valence-electron chi connectivity index (χ3n) is 5.36. The van der Waals surface area contributed by atoms with Gasteiger partial charge in [0.25, 0.3) is 5.91 Å². The molecule has 0 fully saturated rings. The highest BCUT2D eigenvalue weighted by Gasteiger charge is 2.28. The van der Waals surface area contributed by atoms with E-state index in [1.54, 1.807) is 22.7 Å². The summed E-state index contributed by atoms with van der Waals surface area (Å²) in [6.07, 6.45) is 4.94. The number of rotatable bonds is 6. The van der Waals surface area contributed by atoms with Gasteiger partial charge in [0.2, 0.25) is 0 Å². The van der Waals surface area contributed by atoms with Gasteiger partial charge in [0.1, 0.15) is 10.8 Å². The van der Waals surface area contributed by atoms with Crippen molar-refractivity contribution in [3.63, 3.8) is 0 Å². The van der Waals surface area contributed by atoms with E-state index in [0.717, 1.165) is 34.7 Å². The third kappa shape index (κ3) is 4.35. The Hall–Kier alpha value is -2.44. The molecule has 156 valence electrons. The number of carbonyl (C=O) groups is 1. The summed E-state index contributed by atoms with van der Waals surface area (Å²) in [5, 5.41) is 5.94. The molecule has 0 saturated heterocycles. The highest BCUT2D eigenvalue weighted by atomic mass is 32.1. The lowest BCUT2D eigenvalue weighted by atomic mass is 9.88. The number of aliphatic imine (C=N–C) groups is 1. The second kappa shape index (κ2) is 9.14. The third-order valence-corrected chi connectivity index (χ3v) is 7.47. The molecule has 1 aliphatic rings. The Labute approximate surface area is 185 Å². The van der Waals surface area contributed by atoms with E-state index in [9.17, 15) is 4.79 Å². The zero-order valence-electron chi connectivity index (χ0n) is 17.5. The van der Waals surface area contributed by atoms with Crippen LogP contribution in [-0.2, 0) is 12.8 Å². The first kappa shape index (κ1) is 20.8. The van der Waals surface area contributed by atoms with E-state index in [1.807, 2.05) is 37.4 Å². The van der Waals surface area contributed by atoms with Crippen LogP contribution in [0.3, 0.4) is 0 Å². The van der Waals surface area contributed by atoms with E-state index in [1.165, 1.54) is 16.0 Å². The maximum absolute atomic E-state index is 13.4. The monoisotopic (exact) mass is 438 g/mol. The Morgan fingerprint density at radius 3 is 2.93 bits per heavy atom. The van der Waals surface area contributed by atoms with Gasteiger partial charge in [-0.1, -0.05) is 19.1 Å². The number of thiophene rings is 2. The van der Waals surface area contributed by atoms with Gasteiger partial charge in [-0.05, 0) is 73.7 Å². The van der Waals surface area contributed by atoms with E-state index in [-0.39, 0.29) is 5.91 Å². The summed E-state index contributed by atoms with van der Waals surface area (Å²) in [5.74, 6) is 1.22. The van der Waals surface area contributed by atoms with Gasteiger partial charge in [0.05, 0.1) is 17.9 Å². The molecule has 0 aliphatic heterocycles. The van der Waals surface area contributed by atoms with Crippen LogP contribution in [0.5, 0.6) is 5.75 Å². The van der Waals surface area contributed by atoms with Crippen molar-refractivity contribution < 1.29 is 9.53 Å². The molecule has 1 atom stereocenters. The molecule has 4 nitrogen and oxygen atoms in total. The van der Waals surface area contributed by atoms with E-state index >= 15 is 0 Å². The van der Waals surface area contributed by atoms with Crippen LogP contribution in [0.15, 0.2) is 40.7 Å². The fourth-order valence-electron chi connectivity index (χ4n) is 3.73. The Bertz CT molecular complexity index is 1080. The molecule has 1 aromatic carbocycles. The number of anilines is 1. The average Bonchev–Trinajstić information content (AvgIpc) is 3.30. The molecule has 2 heterocycles. The fourth-order valence-corrected chi connectivity index (χ4v) is 5.87. The van der Waals surface area contributed by atoms with Gasteiger partial charge in [0.15, 0.2) is 0 Å². The van der Waals surface area contributed by atoms with Crippen LogP contribution in [0.25, 0.3) is 0 Å². The number of benzene rings is 1. The predicted molar refractivity (Wildman–Crippen MR) is 127 cm³/mol. The molecule has 0 saturated carbocycles. The Morgan fingerprint density at radius 2 is 2.17 bits per heavy atom. The number of ether oxygens (including phenoxy) is 1. The lowest BCUT2D eigenvalue weighted by Crippen LogP contribution is -2.17. The van der Waals surface area contributed by atoms with E-state index in [2.05, 4.69) is 30.6 Å². The first-order valence-corrected chi connectivity index (χ1v) is 12.0. The molecule has 1 unspecified atom stereocenters. The average molecular weight is 439 g/mol. The largest absolute Gasteiger partial charge is 0.492 e. The Kier molecular flexibility index (Phi) is 6.35. The number of nitrogens with zero attached hydrogens (tertiary/aromatic N) is 1. The van der Waals surface area contributed by atoms with Gasteiger partial charge in [-0.15, -0.1) is 22.7 Å². The predicted octanol–water partition coefficient (Wildman–Crippen LogP) is 6.64. The lowest BCUT2D eigenvalue weighted by Gasteiger charge is -2.19. The van der Waals surface area contributed by atoms with E-state index in [4.69, 9.17) is 9.73 Å². The van der Waals surface area contributed by atoms with Crippen LogP contribution in [0.2, 0.25) is 0 Å². The SMILES string of the molecule is CCOc1ccccc1NC(=O)c1c(/N=C/c2sccc2C)sc2c1CCC(C)C2. The highest BCUT2D eigenvalue weighted by molar-refractivity contribution is 7.16. The summed E-state index contributed by atoms with van der Waals surface area (Å²) < 4.78 is 5.68. The molecule has 1 N–H and O–H groups in total. The van der Waals surface area contributed by atoms with Crippen LogP contribution in [-0.4, -0.2) is 18.7 Å². The molecule has 0 spiro atoms. The molecule has 1 aliphatic carbocycles. The molecule has 2 aromatic heterocycles. The minimum Gasteiger partial charge on any atom is -0.492 e. The standard InChI is InChI=1S/C24H26N2O2S2/c1-4-28-19-8-6-5-7-18(19)26-23(27)22-17-10-9-15(2)13-20(17)30-24(22)25-14-21-16(3)11-12-29-21/h5-8,11-12,14-15H,4,9-10,13H2,1-3H3,(H,26,27)/b25-14+. The van der Waals surface area contributed by atoms with Gasteiger partial charge >= 0.3 is 0 Å². The molecule has 0 bridgehead atoms. The van der Waals surface area contributed by atoms with Crippen LogP contribution in [0.4, 0.5) is 10.7 Å². The Balaban J connectivity index is 1.70. The summed E-state index contributed by atoms with van der Waals surface area (Å²) in [7, 11) is 0. The summed E-state index contributed by atoms with van der Waals surface area (Å²) in [6.45, 7) is 6.85. The Morgan fingerprint density at radius 1 is 1.33 bits per heavy atom. The summed E-state index contributed by atoms with van der Waals surface area (Å²) in [4.78, 5) is 20.6. The topological polar surface area (TPSA) is 50.7 Å².